The quantitative estimate of drug-likeness (QED) is 0.802. The van der Waals surface area contributed by atoms with E-state index in [0.717, 1.165) is 38.5 Å². The maximum atomic E-state index is 12.9. The fourth-order valence-electron chi connectivity index (χ4n) is 3.88. The molecule has 2 aromatic rings. The smallest absolute Gasteiger partial charge is 0.224 e. The lowest BCUT2D eigenvalue weighted by molar-refractivity contribution is -0.134. The fraction of sp³-hybridized carbons (Fsp3) is 0.526. The van der Waals surface area contributed by atoms with Gasteiger partial charge in [-0.3, -0.25) is 19.4 Å². The van der Waals surface area contributed by atoms with E-state index >= 15 is 0 Å². The van der Waals surface area contributed by atoms with Crippen molar-refractivity contribution in [2.75, 3.05) is 32.8 Å². The molecule has 7 heteroatoms. The van der Waals surface area contributed by atoms with Gasteiger partial charge in [-0.15, -0.1) is 0 Å². The Bertz CT molecular complexity index is 706. The van der Waals surface area contributed by atoms with Gasteiger partial charge in [-0.05, 0) is 18.2 Å². The van der Waals surface area contributed by atoms with Crippen LogP contribution in [0.2, 0.25) is 0 Å². The van der Waals surface area contributed by atoms with Crippen LogP contribution in [0.4, 0.5) is 0 Å². The first-order valence-electron chi connectivity index (χ1n) is 9.25. The second-order valence-electron chi connectivity index (χ2n) is 7.14. The number of carbonyl (C=O) groups is 1. The second-order valence-corrected chi connectivity index (χ2v) is 7.14. The van der Waals surface area contributed by atoms with Crippen molar-refractivity contribution in [1.29, 1.82) is 0 Å². The molecule has 4 heterocycles. The zero-order chi connectivity index (χ0) is 17.8. The van der Waals surface area contributed by atoms with Crippen LogP contribution in [0.1, 0.15) is 12.1 Å². The topological polar surface area (TPSA) is 63.5 Å². The first-order chi connectivity index (χ1) is 12.8. The van der Waals surface area contributed by atoms with E-state index in [4.69, 9.17) is 4.74 Å². The standard InChI is InChI=1S/C19H25N5O2/c25-19(5-9-23-8-3-7-21-23)24-11-16-10-22(13-18(24)15-26-14-16)12-17-4-1-2-6-20-17/h1-4,6-8,16,18H,5,9-15H2/t16-,18-/m0/s1. The van der Waals surface area contributed by atoms with Gasteiger partial charge >= 0.3 is 0 Å². The third-order valence-corrected chi connectivity index (χ3v) is 5.09. The molecule has 0 saturated carbocycles. The molecule has 1 amide bonds. The Morgan fingerprint density at radius 2 is 2.12 bits per heavy atom. The lowest BCUT2D eigenvalue weighted by Crippen LogP contribution is -2.46. The van der Waals surface area contributed by atoms with Gasteiger partial charge < -0.3 is 9.64 Å². The summed E-state index contributed by atoms with van der Waals surface area (Å²) in [6, 6.07) is 8.01. The molecular formula is C19H25N5O2. The molecule has 2 bridgehead atoms. The Balaban J connectivity index is 1.41. The molecule has 138 valence electrons. The van der Waals surface area contributed by atoms with Gasteiger partial charge in [0.05, 0.1) is 24.9 Å². The van der Waals surface area contributed by atoms with E-state index in [-0.39, 0.29) is 11.9 Å². The summed E-state index contributed by atoms with van der Waals surface area (Å²) in [5.41, 5.74) is 1.07. The number of aromatic nitrogens is 3. The first kappa shape index (κ1) is 17.2. The average molecular weight is 355 g/mol. The number of pyridine rings is 1. The van der Waals surface area contributed by atoms with Crippen molar-refractivity contribution in [3.63, 3.8) is 0 Å². The number of hydrogen-bond acceptors (Lipinski definition) is 5. The summed E-state index contributed by atoms with van der Waals surface area (Å²) in [6.07, 6.45) is 5.95. The monoisotopic (exact) mass is 355 g/mol. The van der Waals surface area contributed by atoms with Gasteiger partial charge in [-0.25, -0.2) is 0 Å². The maximum Gasteiger partial charge on any atom is 0.224 e. The third-order valence-electron chi connectivity index (χ3n) is 5.09. The van der Waals surface area contributed by atoms with Gasteiger partial charge in [0.2, 0.25) is 5.91 Å². The molecule has 2 aliphatic rings. The molecule has 0 unspecified atom stereocenters. The number of hydrogen-bond donors (Lipinski definition) is 0. The minimum Gasteiger partial charge on any atom is -0.379 e. The van der Waals surface area contributed by atoms with E-state index in [1.807, 2.05) is 40.2 Å². The van der Waals surface area contributed by atoms with Gasteiger partial charge in [0.15, 0.2) is 0 Å². The largest absolute Gasteiger partial charge is 0.379 e. The molecular weight excluding hydrogens is 330 g/mol. The van der Waals surface area contributed by atoms with E-state index < -0.39 is 0 Å². The molecule has 0 spiro atoms. The number of rotatable bonds is 5. The van der Waals surface area contributed by atoms with Crippen LogP contribution in [0.15, 0.2) is 42.9 Å². The second kappa shape index (κ2) is 7.97. The minimum atomic E-state index is 0.108. The molecule has 0 radical (unpaired) electrons. The summed E-state index contributed by atoms with van der Waals surface area (Å²) >= 11 is 0. The summed E-state index contributed by atoms with van der Waals surface area (Å²) in [5, 5.41) is 4.18. The Labute approximate surface area is 153 Å². The first-order valence-corrected chi connectivity index (χ1v) is 9.25. The van der Waals surface area contributed by atoms with Crippen LogP contribution in [0.5, 0.6) is 0 Å². The van der Waals surface area contributed by atoms with Crippen LogP contribution in [0.25, 0.3) is 0 Å². The van der Waals surface area contributed by atoms with Crippen molar-refractivity contribution in [1.82, 2.24) is 24.6 Å². The Morgan fingerprint density at radius 1 is 1.15 bits per heavy atom. The van der Waals surface area contributed by atoms with E-state index in [9.17, 15) is 4.79 Å². The van der Waals surface area contributed by atoms with E-state index in [1.165, 1.54) is 0 Å². The van der Waals surface area contributed by atoms with Gasteiger partial charge in [0, 0.05) is 63.7 Å². The zero-order valence-electron chi connectivity index (χ0n) is 14.9. The summed E-state index contributed by atoms with van der Waals surface area (Å²) in [4.78, 5) is 21.8. The van der Waals surface area contributed by atoms with Gasteiger partial charge in [-0.1, -0.05) is 6.07 Å². The third kappa shape index (κ3) is 4.11. The van der Waals surface area contributed by atoms with Crippen molar-refractivity contribution in [3.8, 4) is 0 Å². The van der Waals surface area contributed by atoms with Gasteiger partial charge in [0.1, 0.15) is 0 Å². The molecule has 2 saturated heterocycles. The summed E-state index contributed by atoms with van der Waals surface area (Å²) < 4.78 is 7.65. The highest BCUT2D eigenvalue weighted by atomic mass is 16.5. The maximum absolute atomic E-state index is 12.9. The Hall–Kier alpha value is -2.25. The Kier molecular flexibility index (Phi) is 5.26. The van der Waals surface area contributed by atoms with Crippen LogP contribution in [0, 0.1) is 5.92 Å². The SMILES string of the molecule is O=C(CCn1cccn1)N1C[C@H]2COC[C@@H]1CN(Cc1ccccn1)C2. The normalized spacial score (nSPS) is 23.6. The fourth-order valence-corrected chi connectivity index (χ4v) is 3.88. The summed E-state index contributed by atoms with van der Waals surface area (Å²) in [6.45, 7) is 5.33. The number of fused-ring (bicyclic) bond motifs is 3. The van der Waals surface area contributed by atoms with Crippen LogP contribution < -0.4 is 0 Å². The van der Waals surface area contributed by atoms with Gasteiger partial charge in [-0.2, -0.15) is 5.10 Å². The van der Waals surface area contributed by atoms with Crippen molar-refractivity contribution in [3.05, 3.63) is 48.5 Å². The lowest BCUT2D eigenvalue weighted by atomic mass is 10.1. The average Bonchev–Trinajstić information content (AvgIpc) is 3.01. The number of ether oxygens (including phenoxy) is 1. The number of aryl methyl sites for hydroxylation is 1. The molecule has 2 aromatic heterocycles. The highest BCUT2D eigenvalue weighted by Gasteiger charge is 2.35. The van der Waals surface area contributed by atoms with E-state index in [1.54, 1.807) is 6.20 Å². The summed E-state index contributed by atoms with van der Waals surface area (Å²) in [7, 11) is 0. The molecule has 2 aliphatic heterocycles. The van der Waals surface area contributed by atoms with Crippen molar-refractivity contribution in [2.45, 2.75) is 25.6 Å². The lowest BCUT2D eigenvalue weighted by Gasteiger charge is -2.31. The molecule has 2 fully saturated rings. The van der Waals surface area contributed by atoms with E-state index in [0.29, 0.717) is 25.5 Å². The molecule has 4 rings (SSSR count). The van der Waals surface area contributed by atoms with Crippen LogP contribution in [-0.2, 0) is 22.6 Å². The minimum absolute atomic E-state index is 0.108. The molecule has 26 heavy (non-hydrogen) atoms. The zero-order valence-corrected chi connectivity index (χ0v) is 14.9. The van der Waals surface area contributed by atoms with E-state index in [2.05, 4.69) is 21.0 Å². The van der Waals surface area contributed by atoms with Crippen LogP contribution in [0.3, 0.4) is 0 Å². The highest BCUT2D eigenvalue weighted by Crippen LogP contribution is 2.21. The Morgan fingerprint density at radius 3 is 2.92 bits per heavy atom. The molecule has 2 atom stereocenters. The van der Waals surface area contributed by atoms with Gasteiger partial charge in [0.25, 0.3) is 0 Å². The molecule has 7 nitrogen and oxygen atoms in total. The predicted molar refractivity (Wildman–Crippen MR) is 96.2 cm³/mol. The predicted octanol–water partition coefficient (Wildman–Crippen LogP) is 1.03. The van der Waals surface area contributed by atoms with Crippen LogP contribution >= 0.6 is 0 Å². The number of carbonyl (C=O) groups excluding carboxylic acids is 1. The molecule has 0 aliphatic carbocycles. The number of amides is 1. The van der Waals surface area contributed by atoms with Crippen molar-refractivity contribution < 1.29 is 9.53 Å². The van der Waals surface area contributed by atoms with Crippen molar-refractivity contribution in [2.24, 2.45) is 5.92 Å². The molecule has 0 N–H and O–H groups in total. The van der Waals surface area contributed by atoms with Crippen molar-refractivity contribution >= 4 is 5.91 Å². The van der Waals surface area contributed by atoms with Crippen LogP contribution in [-0.4, -0.2) is 69.4 Å². The molecule has 0 aromatic carbocycles. The highest BCUT2D eigenvalue weighted by molar-refractivity contribution is 5.76. The number of nitrogens with zero attached hydrogens (tertiary/aromatic N) is 5. The summed E-state index contributed by atoms with van der Waals surface area (Å²) in [5.74, 6) is 0.542.